The second-order valence-corrected chi connectivity index (χ2v) is 7.13. The van der Waals surface area contributed by atoms with E-state index < -0.39 is 15.2 Å². The second-order valence-electron chi connectivity index (χ2n) is 2.53. The highest BCUT2D eigenvalue weighted by atomic mass is 79.9. The van der Waals surface area contributed by atoms with E-state index in [4.69, 9.17) is 5.41 Å². The predicted octanol–water partition coefficient (Wildman–Crippen LogP) is 0.750. The summed E-state index contributed by atoms with van der Waals surface area (Å²) < 4.78 is 24.0. The van der Waals surface area contributed by atoms with Crippen molar-refractivity contribution in [3.8, 4) is 0 Å². The van der Waals surface area contributed by atoms with Crippen molar-refractivity contribution in [3.63, 3.8) is 0 Å². The predicted molar refractivity (Wildman–Crippen MR) is 53.2 cm³/mol. The minimum Gasteiger partial charge on any atom is -0.274 e. The van der Waals surface area contributed by atoms with Gasteiger partial charge in [0.05, 0.1) is 0 Å². The number of nitrogens with one attached hydrogen (secondary N) is 1. The van der Waals surface area contributed by atoms with E-state index in [1.165, 1.54) is 11.6 Å². The van der Waals surface area contributed by atoms with Gasteiger partial charge < -0.3 is 0 Å². The minimum atomic E-state index is -3.20. The Balaban J connectivity index is 3.24. The number of aromatic nitrogens is 2. The van der Waals surface area contributed by atoms with Crippen LogP contribution in [-0.2, 0) is 9.84 Å². The van der Waals surface area contributed by atoms with E-state index in [1.54, 1.807) is 0 Å². The first kappa shape index (κ1) is 10.9. The Labute approximate surface area is 88.0 Å². The van der Waals surface area contributed by atoms with Crippen molar-refractivity contribution in [1.82, 2.24) is 9.78 Å². The van der Waals surface area contributed by atoms with Gasteiger partial charge in [0.2, 0.25) is 4.80 Å². The fourth-order valence-electron chi connectivity index (χ4n) is 0.705. The number of hydrogen-bond acceptors (Lipinski definition) is 5. The fraction of sp³-hybridized carbons (Fsp3) is 0.600. The van der Waals surface area contributed by atoms with Crippen molar-refractivity contribution in [2.75, 3.05) is 6.26 Å². The highest BCUT2D eigenvalue weighted by Gasteiger charge is 2.19. The lowest BCUT2D eigenvalue weighted by Gasteiger charge is -2.07. The number of sulfone groups is 1. The highest BCUT2D eigenvalue weighted by molar-refractivity contribution is 9.11. The lowest BCUT2D eigenvalue weighted by atomic mass is 10.8. The Morgan fingerprint density at radius 3 is 2.54 bits per heavy atom. The average molecular weight is 286 g/mol. The lowest BCUT2D eigenvalue weighted by molar-refractivity contribution is 0.531. The first-order chi connectivity index (χ1) is 5.82. The van der Waals surface area contributed by atoms with E-state index in [-0.39, 0.29) is 4.80 Å². The summed E-state index contributed by atoms with van der Waals surface area (Å²) in [6, 6.07) is 0. The van der Waals surface area contributed by atoms with Gasteiger partial charge in [-0.3, -0.25) is 5.41 Å². The van der Waals surface area contributed by atoms with Crippen molar-refractivity contribution in [3.05, 3.63) is 8.72 Å². The zero-order chi connectivity index (χ0) is 10.2. The van der Waals surface area contributed by atoms with Crippen LogP contribution >= 0.6 is 27.3 Å². The van der Waals surface area contributed by atoms with Gasteiger partial charge in [0.25, 0.3) is 0 Å². The number of nitrogens with zero attached hydrogens (tertiary/aromatic N) is 2. The van der Waals surface area contributed by atoms with Crippen LogP contribution in [0.15, 0.2) is 3.92 Å². The van der Waals surface area contributed by atoms with Gasteiger partial charge in [-0.1, -0.05) is 11.3 Å². The monoisotopic (exact) mass is 285 g/mol. The Bertz CT molecular complexity index is 460. The molecule has 1 unspecified atom stereocenters. The molecule has 5 nitrogen and oxygen atoms in total. The smallest absolute Gasteiger partial charge is 0.202 e. The Morgan fingerprint density at radius 2 is 2.23 bits per heavy atom. The summed E-state index contributed by atoms with van der Waals surface area (Å²) in [6.45, 7) is 1.50. The molecular formula is C5H8BrN3O2S2. The van der Waals surface area contributed by atoms with Crippen molar-refractivity contribution in [1.29, 1.82) is 5.41 Å². The summed E-state index contributed by atoms with van der Waals surface area (Å²) in [7, 11) is -3.20. The lowest BCUT2D eigenvalue weighted by Crippen LogP contribution is -2.25. The molecule has 0 aliphatic heterocycles. The molecule has 0 spiro atoms. The third-order valence-corrected chi connectivity index (χ3v) is 4.25. The molecule has 0 aliphatic carbocycles. The zero-order valence-corrected chi connectivity index (χ0v) is 10.2. The molecular weight excluding hydrogens is 278 g/mol. The minimum absolute atomic E-state index is 0.116. The molecule has 1 aromatic heterocycles. The molecule has 1 heterocycles. The van der Waals surface area contributed by atoms with Crippen molar-refractivity contribution >= 4 is 37.1 Å². The van der Waals surface area contributed by atoms with Crippen LogP contribution in [0, 0.1) is 5.41 Å². The van der Waals surface area contributed by atoms with Gasteiger partial charge in [-0.15, -0.1) is 0 Å². The summed E-state index contributed by atoms with van der Waals surface area (Å²) >= 11 is 4.17. The van der Waals surface area contributed by atoms with Gasteiger partial charge in [-0.2, -0.15) is 5.10 Å². The maximum absolute atomic E-state index is 11.1. The van der Waals surface area contributed by atoms with E-state index >= 15 is 0 Å². The largest absolute Gasteiger partial charge is 0.274 e. The molecule has 0 saturated heterocycles. The van der Waals surface area contributed by atoms with Gasteiger partial charge in [0.15, 0.2) is 19.1 Å². The molecule has 0 bridgehead atoms. The van der Waals surface area contributed by atoms with Crippen LogP contribution in [0.1, 0.15) is 12.3 Å². The molecule has 1 aromatic rings. The van der Waals surface area contributed by atoms with E-state index in [0.717, 1.165) is 17.6 Å². The van der Waals surface area contributed by atoms with Crippen molar-refractivity contribution in [2.24, 2.45) is 0 Å². The summed E-state index contributed by atoms with van der Waals surface area (Å²) in [5, 5.41) is 10.5. The molecule has 74 valence electrons. The van der Waals surface area contributed by atoms with E-state index in [1.807, 2.05) is 0 Å². The summed E-state index contributed by atoms with van der Waals surface area (Å²) in [5.41, 5.74) is 0. The molecule has 8 heteroatoms. The molecule has 0 aliphatic rings. The van der Waals surface area contributed by atoms with Crippen LogP contribution < -0.4 is 4.80 Å². The maximum Gasteiger partial charge on any atom is 0.202 e. The topological polar surface area (TPSA) is 75.8 Å². The third kappa shape index (κ3) is 2.38. The van der Waals surface area contributed by atoms with Crippen LogP contribution in [0.5, 0.6) is 0 Å². The SMILES string of the molecule is CC(n1nc(Br)sc1=N)S(C)(=O)=O. The maximum atomic E-state index is 11.1. The zero-order valence-electron chi connectivity index (χ0n) is 6.98. The fourth-order valence-corrected chi connectivity index (χ4v) is 2.50. The first-order valence-corrected chi connectivity index (χ1v) is 6.87. The number of rotatable bonds is 2. The second kappa shape index (κ2) is 3.50. The van der Waals surface area contributed by atoms with Crippen molar-refractivity contribution in [2.45, 2.75) is 12.3 Å². The number of halogens is 1. The standard InChI is InChI=1S/C5H8BrN3O2S2/c1-3(13(2,10)11)9-5(7)12-4(6)8-9/h3,7H,1-2H3. The van der Waals surface area contributed by atoms with E-state index in [9.17, 15) is 8.42 Å². The van der Waals surface area contributed by atoms with Crippen LogP contribution in [0.2, 0.25) is 0 Å². The van der Waals surface area contributed by atoms with Crippen molar-refractivity contribution < 1.29 is 8.42 Å². The van der Waals surface area contributed by atoms with Crippen LogP contribution in [0.4, 0.5) is 0 Å². The molecule has 0 saturated carbocycles. The highest BCUT2D eigenvalue weighted by Crippen LogP contribution is 2.14. The Morgan fingerprint density at radius 1 is 1.69 bits per heavy atom. The molecule has 1 atom stereocenters. The molecule has 1 rings (SSSR count). The van der Waals surface area contributed by atoms with Gasteiger partial charge in [0, 0.05) is 6.26 Å². The average Bonchev–Trinajstić information content (AvgIpc) is 2.26. The molecule has 0 amide bonds. The van der Waals surface area contributed by atoms with Gasteiger partial charge in [-0.25, -0.2) is 13.1 Å². The molecule has 0 fully saturated rings. The van der Waals surface area contributed by atoms with E-state index in [0.29, 0.717) is 3.92 Å². The molecule has 0 aromatic carbocycles. The first-order valence-electron chi connectivity index (χ1n) is 3.31. The molecule has 13 heavy (non-hydrogen) atoms. The van der Waals surface area contributed by atoms with Gasteiger partial charge >= 0.3 is 0 Å². The Kier molecular flexibility index (Phi) is 2.93. The molecule has 0 radical (unpaired) electrons. The Hall–Kier alpha value is -0.210. The van der Waals surface area contributed by atoms with E-state index in [2.05, 4.69) is 21.0 Å². The molecule has 1 N–H and O–H groups in total. The number of hydrogen-bond donors (Lipinski definition) is 1. The summed E-state index contributed by atoms with van der Waals surface area (Å²) in [6.07, 6.45) is 1.12. The summed E-state index contributed by atoms with van der Waals surface area (Å²) in [4.78, 5) is 0.116. The normalized spacial score (nSPS) is 14.4. The quantitative estimate of drug-likeness (QED) is 0.871. The van der Waals surface area contributed by atoms with Gasteiger partial charge in [-0.05, 0) is 22.9 Å². The van der Waals surface area contributed by atoms with Crippen LogP contribution in [-0.4, -0.2) is 24.5 Å². The van der Waals surface area contributed by atoms with Crippen LogP contribution in [0.3, 0.4) is 0 Å². The summed E-state index contributed by atoms with van der Waals surface area (Å²) in [5.74, 6) is 0. The van der Waals surface area contributed by atoms with Crippen LogP contribution in [0.25, 0.3) is 0 Å². The van der Waals surface area contributed by atoms with Gasteiger partial charge in [0.1, 0.15) is 0 Å². The third-order valence-electron chi connectivity index (χ3n) is 1.54.